The molecule has 278 valence electrons. The smallest absolute Gasteiger partial charge is 0.258 e. The zero-order valence-electron chi connectivity index (χ0n) is 30.0. The van der Waals surface area contributed by atoms with Crippen molar-refractivity contribution in [3.05, 3.63) is 147 Å². The van der Waals surface area contributed by atoms with Gasteiger partial charge in [-0.25, -0.2) is 9.97 Å². The molecule has 0 saturated carbocycles. The Balaban J connectivity index is 1.05. The number of pyridine rings is 4. The van der Waals surface area contributed by atoms with Gasteiger partial charge in [-0.15, -0.1) is 0 Å². The number of aromatic nitrogens is 4. The molecule has 0 aliphatic heterocycles. The average molecular weight is 777 g/mol. The topological polar surface area (TPSA) is 149 Å². The van der Waals surface area contributed by atoms with Crippen molar-refractivity contribution in [2.75, 3.05) is 23.8 Å². The minimum absolute atomic E-state index is 0.0136. The van der Waals surface area contributed by atoms with Gasteiger partial charge in [0.25, 0.3) is 5.91 Å². The molecule has 0 aliphatic rings. The number of aryl methyl sites for hydroxylation is 2. The number of amides is 3. The van der Waals surface area contributed by atoms with Crippen LogP contribution in [0.5, 0.6) is 11.5 Å². The van der Waals surface area contributed by atoms with Crippen LogP contribution in [0.25, 0.3) is 17.0 Å². The number of benzene rings is 2. The molecule has 3 amide bonds. The second-order valence-electron chi connectivity index (χ2n) is 12.2. The second-order valence-corrected chi connectivity index (χ2v) is 13.0. The molecule has 0 saturated heterocycles. The highest BCUT2D eigenvalue weighted by molar-refractivity contribution is 6.38. The standard InChI is InChI=1S/C41H35Cl2N7O5/c1-25-20-35(54-23-28-8-4-5-18-45-28)30-9-6-11-34(40(30)48-25)55-24-31-32(42)14-15-33(39(31)43)50(3)38(52)22-47-37(51)17-13-27-12-16-36(46-21-27)49-41(53)29-10-7-19-44-26(29)2/h4-21H,22-24H2,1-3H3,(H,47,51)(H,46,49,53). The fourth-order valence-electron chi connectivity index (χ4n) is 5.44. The van der Waals surface area contributed by atoms with Gasteiger partial charge >= 0.3 is 0 Å². The molecular weight excluding hydrogens is 741 g/mol. The van der Waals surface area contributed by atoms with E-state index in [1.54, 1.807) is 74.9 Å². The molecule has 6 aromatic rings. The van der Waals surface area contributed by atoms with Crippen molar-refractivity contribution < 1.29 is 23.9 Å². The number of ether oxygens (including phenoxy) is 2. The Hall–Kier alpha value is -6.37. The van der Waals surface area contributed by atoms with Gasteiger partial charge in [-0.3, -0.25) is 24.4 Å². The number of hydrogen-bond acceptors (Lipinski definition) is 9. The molecule has 14 heteroatoms. The highest BCUT2D eigenvalue weighted by Gasteiger charge is 2.20. The maximum absolute atomic E-state index is 13.1. The number of halogens is 2. The number of carbonyl (C=O) groups is 3. The Labute approximate surface area is 327 Å². The molecule has 2 N–H and O–H groups in total. The summed E-state index contributed by atoms with van der Waals surface area (Å²) in [5.41, 5.74) is 4.65. The van der Waals surface area contributed by atoms with Gasteiger partial charge in [0.05, 0.1) is 28.5 Å². The third-order valence-electron chi connectivity index (χ3n) is 8.39. The van der Waals surface area contributed by atoms with Crippen molar-refractivity contribution >= 4 is 69.4 Å². The van der Waals surface area contributed by atoms with E-state index < -0.39 is 11.8 Å². The summed E-state index contributed by atoms with van der Waals surface area (Å²) in [5.74, 6) is 0.242. The summed E-state index contributed by atoms with van der Waals surface area (Å²) in [5, 5.41) is 6.65. The first-order valence-electron chi connectivity index (χ1n) is 17.0. The lowest BCUT2D eigenvalue weighted by atomic mass is 10.1. The van der Waals surface area contributed by atoms with Crippen molar-refractivity contribution in [1.29, 1.82) is 0 Å². The van der Waals surface area contributed by atoms with Crippen LogP contribution in [0.1, 0.15) is 38.6 Å². The summed E-state index contributed by atoms with van der Waals surface area (Å²) < 4.78 is 12.4. The predicted molar refractivity (Wildman–Crippen MR) is 212 cm³/mol. The van der Waals surface area contributed by atoms with Crippen LogP contribution in [0.2, 0.25) is 10.0 Å². The number of fused-ring (bicyclic) bond motifs is 1. The van der Waals surface area contributed by atoms with Gasteiger partial charge in [0.1, 0.15) is 36.0 Å². The SMILES string of the molecule is Cc1cc(OCc2ccccn2)c2cccc(OCc3c(Cl)ccc(N(C)C(=O)CNC(=O)C=Cc4ccc(NC(=O)c5cccnc5C)nc4)c3Cl)c2n1. The summed E-state index contributed by atoms with van der Waals surface area (Å²) in [6.45, 7) is 3.60. The predicted octanol–water partition coefficient (Wildman–Crippen LogP) is 7.55. The van der Waals surface area contributed by atoms with E-state index in [0.29, 0.717) is 62.5 Å². The van der Waals surface area contributed by atoms with Gasteiger partial charge in [-0.05, 0) is 86.2 Å². The maximum Gasteiger partial charge on any atom is 0.258 e. The van der Waals surface area contributed by atoms with E-state index in [1.807, 2.05) is 43.3 Å². The van der Waals surface area contributed by atoms with Gasteiger partial charge in [-0.1, -0.05) is 35.3 Å². The first-order valence-corrected chi connectivity index (χ1v) is 17.8. The highest BCUT2D eigenvalue weighted by atomic mass is 35.5. The molecule has 12 nitrogen and oxygen atoms in total. The Bertz CT molecular complexity index is 2390. The lowest BCUT2D eigenvalue weighted by Gasteiger charge is -2.21. The molecule has 0 radical (unpaired) electrons. The Morgan fingerprint density at radius 2 is 1.67 bits per heavy atom. The van der Waals surface area contributed by atoms with Crippen LogP contribution in [0, 0.1) is 13.8 Å². The molecule has 6 rings (SSSR count). The van der Waals surface area contributed by atoms with Gasteiger partial charge < -0.3 is 25.0 Å². The third kappa shape index (κ3) is 9.60. The quantitative estimate of drug-likeness (QED) is 0.114. The van der Waals surface area contributed by atoms with E-state index in [2.05, 4.69) is 25.6 Å². The largest absolute Gasteiger partial charge is 0.487 e. The van der Waals surface area contributed by atoms with Crippen molar-refractivity contribution in [3.63, 3.8) is 0 Å². The van der Waals surface area contributed by atoms with E-state index in [0.717, 1.165) is 16.8 Å². The molecule has 4 heterocycles. The summed E-state index contributed by atoms with van der Waals surface area (Å²) in [6, 6.07) is 23.0. The van der Waals surface area contributed by atoms with Crippen LogP contribution >= 0.6 is 23.2 Å². The molecule has 0 atom stereocenters. The van der Waals surface area contributed by atoms with Crippen molar-refractivity contribution in [2.24, 2.45) is 0 Å². The molecule has 0 fully saturated rings. The number of carbonyl (C=O) groups excluding carboxylic acids is 3. The van der Waals surface area contributed by atoms with Gasteiger partial charge in [-0.2, -0.15) is 0 Å². The average Bonchev–Trinajstić information content (AvgIpc) is 3.19. The van der Waals surface area contributed by atoms with Crippen molar-refractivity contribution in [3.8, 4) is 11.5 Å². The van der Waals surface area contributed by atoms with E-state index in [4.69, 9.17) is 37.7 Å². The zero-order valence-corrected chi connectivity index (χ0v) is 31.6. The minimum Gasteiger partial charge on any atom is -0.487 e. The molecule has 0 unspecified atom stereocenters. The van der Waals surface area contributed by atoms with Crippen LogP contribution in [0.15, 0.2) is 104 Å². The van der Waals surface area contributed by atoms with Crippen molar-refractivity contribution in [2.45, 2.75) is 27.1 Å². The molecular formula is C41H35Cl2N7O5. The van der Waals surface area contributed by atoms with E-state index in [-0.39, 0.29) is 24.1 Å². The fraction of sp³-hybridized carbons (Fsp3) is 0.146. The van der Waals surface area contributed by atoms with Crippen molar-refractivity contribution in [1.82, 2.24) is 25.3 Å². The fourth-order valence-corrected chi connectivity index (χ4v) is 6.05. The second kappa shape index (κ2) is 17.6. The number of nitrogens with zero attached hydrogens (tertiary/aromatic N) is 5. The van der Waals surface area contributed by atoms with Crippen LogP contribution in [0.4, 0.5) is 11.5 Å². The number of hydrogen-bond donors (Lipinski definition) is 2. The van der Waals surface area contributed by atoms with Gasteiger partial charge in [0.15, 0.2) is 0 Å². The normalized spacial score (nSPS) is 11.0. The molecule has 2 aromatic carbocycles. The van der Waals surface area contributed by atoms with E-state index >= 15 is 0 Å². The van der Waals surface area contributed by atoms with Crippen LogP contribution < -0.4 is 25.0 Å². The van der Waals surface area contributed by atoms with Gasteiger partial charge in [0.2, 0.25) is 11.8 Å². The summed E-state index contributed by atoms with van der Waals surface area (Å²) in [4.78, 5) is 57.0. The van der Waals surface area contributed by atoms with Crippen LogP contribution in [-0.2, 0) is 22.8 Å². The first-order chi connectivity index (χ1) is 26.6. The summed E-state index contributed by atoms with van der Waals surface area (Å²) in [6.07, 6.45) is 7.66. The van der Waals surface area contributed by atoms with Gasteiger partial charge in [0, 0.05) is 65.1 Å². The molecule has 0 spiro atoms. The maximum atomic E-state index is 13.1. The number of anilines is 2. The molecule has 0 aliphatic carbocycles. The Morgan fingerprint density at radius 3 is 2.44 bits per heavy atom. The first kappa shape index (κ1) is 38.4. The van der Waals surface area contributed by atoms with Crippen LogP contribution in [-0.4, -0.2) is 51.2 Å². The minimum atomic E-state index is -0.494. The summed E-state index contributed by atoms with van der Waals surface area (Å²) >= 11 is 13.4. The summed E-state index contributed by atoms with van der Waals surface area (Å²) in [7, 11) is 1.55. The Morgan fingerprint density at radius 1 is 0.855 bits per heavy atom. The van der Waals surface area contributed by atoms with Crippen LogP contribution in [0.3, 0.4) is 0 Å². The lowest BCUT2D eigenvalue weighted by Crippen LogP contribution is -2.37. The monoisotopic (exact) mass is 775 g/mol. The number of para-hydroxylation sites is 1. The highest BCUT2D eigenvalue weighted by Crippen LogP contribution is 2.36. The number of nitrogens with one attached hydrogen (secondary N) is 2. The van der Waals surface area contributed by atoms with E-state index in [1.165, 1.54) is 17.2 Å². The molecule has 0 bridgehead atoms. The lowest BCUT2D eigenvalue weighted by molar-refractivity contribution is -0.122. The zero-order chi connectivity index (χ0) is 38.9. The molecule has 4 aromatic heterocycles. The van der Waals surface area contributed by atoms with E-state index in [9.17, 15) is 14.4 Å². The number of likely N-dealkylation sites (N-methyl/N-ethyl adjacent to an activating group) is 1. The Kier molecular flexibility index (Phi) is 12.3. The molecule has 55 heavy (non-hydrogen) atoms. The third-order valence-corrected chi connectivity index (χ3v) is 9.16. The number of rotatable bonds is 13.